The molecule has 10 heteroatoms. The number of benzene rings is 2. The number of amides is 1. The van der Waals surface area contributed by atoms with Crippen molar-refractivity contribution in [1.82, 2.24) is 14.5 Å². The molecule has 1 N–H and O–H groups in total. The van der Waals surface area contributed by atoms with Crippen LogP contribution in [0, 0.1) is 5.82 Å². The molecule has 1 fully saturated rings. The Morgan fingerprint density at radius 2 is 1.74 bits per heavy atom. The first kappa shape index (κ1) is 23.9. The zero-order chi connectivity index (χ0) is 22.6. The van der Waals surface area contributed by atoms with Gasteiger partial charge in [0.15, 0.2) is 0 Å². The number of piperazine rings is 1. The number of nitrogens with zero attached hydrogens (tertiary/aromatic N) is 2. The van der Waals surface area contributed by atoms with Crippen LogP contribution in [0.25, 0.3) is 0 Å². The predicted molar refractivity (Wildman–Crippen MR) is 119 cm³/mol. The molecule has 0 aromatic heterocycles. The molecule has 1 unspecified atom stereocenters. The van der Waals surface area contributed by atoms with E-state index in [0.29, 0.717) is 31.1 Å². The Morgan fingerprint density at radius 1 is 1.10 bits per heavy atom. The molecule has 2 aromatic rings. The molecular formula is C21H24Cl2FN3O3S. The maximum Gasteiger partial charge on any atom is 0.244 e. The van der Waals surface area contributed by atoms with Crippen molar-refractivity contribution in [3.05, 3.63) is 63.9 Å². The Balaban J connectivity index is 1.51. The van der Waals surface area contributed by atoms with Crippen molar-refractivity contribution in [3.63, 3.8) is 0 Å². The number of nitrogens with one attached hydrogen (secondary N) is 1. The van der Waals surface area contributed by atoms with Gasteiger partial charge in [-0.05, 0) is 49.2 Å². The summed E-state index contributed by atoms with van der Waals surface area (Å²) in [6, 6.07) is 10.1. The van der Waals surface area contributed by atoms with Gasteiger partial charge in [-0.1, -0.05) is 35.3 Å². The minimum Gasteiger partial charge on any atom is -0.354 e. The quantitative estimate of drug-likeness (QED) is 0.650. The first-order valence-electron chi connectivity index (χ1n) is 9.90. The molecule has 0 bridgehead atoms. The average Bonchev–Trinajstić information content (AvgIpc) is 2.76. The molecule has 1 heterocycles. The number of halogens is 3. The third-order valence-corrected chi connectivity index (χ3v) is 7.95. The Morgan fingerprint density at radius 3 is 2.39 bits per heavy atom. The fraction of sp³-hybridized carbons (Fsp3) is 0.381. The molecule has 31 heavy (non-hydrogen) atoms. The van der Waals surface area contributed by atoms with Gasteiger partial charge in [-0.2, -0.15) is 4.31 Å². The van der Waals surface area contributed by atoms with E-state index < -0.39 is 16.1 Å². The van der Waals surface area contributed by atoms with Crippen molar-refractivity contribution in [2.75, 3.05) is 32.7 Å². The van der Waals surface area contributed by atoms with Crippen molar-refractivity contribution in [2.45, 2.75) is 24.3 Å². The highest BCUT2D eigenvalue weighted by Crippen LogP contribution is 2.28. The summed E-state index contributed by atoms with van der Waals surface area (Å²) in [5, 5.41) is 3.31. The zero-order valence-corrected chi connectivity index (χ0v) is 19.4. The van der Waals surface area contributed by atoms with E-state index in [9.17, 15) is 17.6 Å². The van der Waals surface area contributed by atoms with E-state index in [-0.39, 0.29) is 34.7 Å². The second-order valence-corrected chi connectivity index (χ2v) is 10.1. The van der Waals surface area contributed by atoms with Crippen LogP contribution in [0.2, 0.25) is 10.0 Å². The second-order valence-electron chi connectivity index (χ2n) is 7.36. The Kier molecular flexibility index (Phi) is 7.93. The topological polar surface area (TPSA) is 69.7 Å². The lowest BCUT2D eigenvalue weighted by molar-refractivity contribution is -0.126. The molecule has 6 nitrogen and oxygen atoms in total. The molecule has 0 saturated carbocycles. The highest BCUT2D eigenvalue weighted by Gasteiger charge is 2.32. The summed E-state index contributed by atoms with van der Waals surface area (Å²) in [5.74, 6) is -0.420. The number of hydrogen-bond acceptors (Lipinski definition) is 4. The minimum atomic E-state index is -3.77. The molecule has 1 atom stereocenters. The van der Waals surface area contributed by atoms with Crippen LogP contribution >= 0.6 is 23.2 Å². The van der Waals surface area contributed by atoms with Crippen LogP contribution in [0.15, 0.2) is 47.4 Å². The van der Waals surface area contributed by atoms with Crippen molar-refractivity contribution >= 4 is 39.1 Å². The molecule has 0 aliphatic carbocycles. The lowest BCUT2D eigenvalue weighted by atomic mass is 10.1. The third kappa shape index (κ3) is 5.96. The van der Waals surface area contributed by atoms with Crippen LogP contribution in [0.4, 0.5) is 4.39 Å². The normalized spacial score (nSPS) is 16.8. The molecule has 2 aromatic carbocycles. The summed E-state index contributed by atoms with van der Waals surface area (Å²) in [6.07, 6.45) is 0.602. The monoisotopic (exact) mass is 487 g/mol. The van der Waals surface area contributed by atoms with Crippen LogP contribution in [-0.4, -0.2) is 62.3 Å². The van der Waals surface area contributed by atoms with E-state index in [4.69, 9.17) is 23.2 Å². The van der Waals surface area contributed by atoms with Gasteiger partial charge in [-0.3, -0.25) is 9.69 Å². The molecule has 3 rings (SSSR count). The molecule has 1 aliphatic heterocycles. The SMILES string of the molecule is CC(C(=O)NCCc1ccc(F)cc1)N1CCN(S(=O)(=O)c2cc(Cl)ccc2Cl)CC1. The molecular weight excluding hydrogens is 464 g/mol. The number of rotatable bonds is 7. The predicted octanol–water partition coefficient (Wildman–Crippen LogP) is 3.19. The summed E-state index contributed by atoms with van der Waals surface area (Å²) in [7, 11) is -3.77. The van der Waals surface area contributed by atoms with Crippen molar-refractivity contribution in [1.29, 1.82) is 0 Å². The Labute approximate surface area is 192 Å². The van der Waals surface area contributed by atoms with Gasteiger partial charge >= 0.3 is 0 Å². The van der Waals surface area contributed by atoms with Crippen molar-refractivity contribution < 1.29 is 17.6 Å². The molecule has 1 saturated heterocycles. The average molecular weight is 488 g/mol. The van der Waals surface area contributed by atoms with E-state index in [1.165, 1.54) is 34.6 Å². The van der Waals surface area contributed by atoms with Gasteiger partial charge in [0.1, 0.15) is 10.7 Å². The van der Waals surface area contributed by atoms with Crippen LogP contribution in [-0.2, 0) is 21.2 Å². The van der Waals surface area contributed by atoms with E-state index >= 15 is 0 Å². The van der Waals surface area contributed by atoms with Crippen LogP contribution in [0.5, 0.6) is 0 Å². The van der Waals surface area contributed by atoms with Gasteiger partial charge in [-0.25, -0.2) is 12.8 Å². The highest BCUT2D eigenvalue weighted by atomic mass is 35.5. The number of hydrogen-bond donors (Lipinski definition) is 1. The van der Waals surface area contributed by atoms with Gasteiger partial charge in [0.25, 0.3) is 0 Å². The fourth-order valence-corrected chi connectivity index (χ4v) is 5.60. The van der Waals surface area contributed by atoms with Crippen molar-refractivity contribution in [3.8, 4) is 0 Å². The second kappa shape index (κ2) is 10.3. The third-order valence-electron chi connectivity index (χ3n) is 5.34. The molecule has 0 spiro atoms. The van der Waals surface area contributed by atoms with E-state index in [0.717, 1.165) is 5.56 Å². The fourth-order valence-electron chi connectivity index (χ4n) is 3.44. The standard InChI is InChI=1S/C21H24Cl2FN3O3S/c1-15(21(28)25-9-8-16-2-5-18(24)6-3-16)26-10-12-27(13-11-26)31(29,30)20-14-17(22)4-7-19(20)23/h2-7,14-15H,8-13H2,1H3,(H,25,28). The summed E-state index contributed by atoms with van der Waals surface area (Å²) in [5.41, 5.74) is 0.938. The zero-order valence-electron chi connectivity index (χ0n) is 17.0. The Bertz CT molecular complexity index is 1030. The number of carbonyl (C=O) groups is 1. The van der Waals surface area contributed by atoms with Gasteiger partial charge in [0, 0.05) is 37.7 Å². The van der Waals surface area contributed by atoms with Crippen molar-refractivity contribution in [2.24, 2.45) is 0 Å². The van der Waals surface area contributed by atoms with E-state index in [1.54, 1.807) is 19.1 Å². The van der Waals surface area contributed by atoms with Crippen LogP contribution in [0.3, 0.4) is 0 Å². The van der Waals surface area contributed by atoms with Gasteiger partial charge in [0.05, 0.1) is 11.1 Å². The maximum atomic E-state index is 13.0. The van der Waals surface area contributed by atoms with Gasteiger partial charge in [0.2, 0.25) is 15.9 Å². The smallest absolute Gasteiger partial charge is 0.244 e. The summed E-state index contributed by atoms with van der Waals surface area (Å²) < 4.78 is 40.2. The maximum absolute atomic E-state index is 13.0. The molecule has 0 radical (unpaired) electrons. The summed E-state index contributed by atoms with van der Waals surface area (Å²) >= 11 is 12.0. The van der Waals surface area contributed by atoms with Gasteiger partial charge in [-0.15, -0.1) is 0 Å². The van der Waals surface area contributed by atoms with E-state index in [1.807, 2.05) is 4.90 Å². The highest BCUT2D eigenvalue weighted by molar-refractivity contribution is 7.89. The summed E-state index contributed by atoms with van der Waals surface area (Å²) in [4.78, 5) is 14.4. The number of carbonyl (C=O) groups excluding carboxylic acids is 1. The van der Waals surface area contributed by atoms with E-state index in [2.05, 4.69) is 5.32 Å². The first-order chi connectivity index (χ1) is 14.7. The lowest BCUT2D eigenvalue weighted by Crippen LogP contribution is -2.55. The number of sulfonamides is 1. The van der Waals surface area contributed by atoms with Crippen LogP contribution < -0.4 is 5.32 Å². The lowest BCUT2D eigenvalue weighted by Gasteiger charge is -2.36. The first-order valence-corrected chi connectivity index (χ1v) is 12.1. The van der Waals surface area contributed by atoms with Gasteiger partial charge < -0.3 is 5.32 Å². The largest absolute Gasteiger partial charge is 0.354 e. The minimum absolute atomic E-state index is 0.0123. The summed E-state index contributed by atoms with van der Waals surface area (Å²) in [6.45, 7) is 3.58. The van der Waals surface area contributed by atoms with Crippen LogP contribution in [0.1, 0.15) is 12.5 Å². The Hall–Kier alpha value is -1.71. The molecule has 1 aliphatic rings. The molecule has 1 amide bonds. The molecule has 168 valence electrons.